The van der Waals surface area contributed by atoms with Crippen LogP contribution in [0.25, 0.3) is 0 Å². The van der Waals surface area contributed by atoms with Crippen molar-refractivity contribution < 1.29 is 28.8 Å². The Hall–Kier alpha value is -2.72. The number of carbonyl (C=O) groups is 1. The molecule has 0 radical (unpaired) electrons. The van der Waals surface area contributed by atoms with Crippen LogP contribution in [0.15, 0.2) is 53.8 Å². The predicted molar refractivity (Wildman–Crippen MR) is 133 cm³/mol. The summed E-state index contributed by atoms with van der Waals surface area (Å²) in [5.41, 5.74) is 0.894. The Morgan fingerprint density at radius 2 is 2.03 bits per heavy atom. The second-order valence-corrected chi connectivity index (χ2v) is 8.03. The van der Waals surface area contributed by atoms with Gasteiger partial charge in [-0.05, 0) is 69.2 Å². The minimum atomic E-state index is -1.00. The van der Waals surface area contributed by atoms with Crippen LogP contribution in [0.3, 0.4) is 0 Å². The summed E-state index contributed by atoms with van der Waals surface area (Å²) in [6.07, 6.45) is 7.57. The minimum Gasteiger partial charge on any atom is -0.498 e. The number of carboxylic acid groups (broad SMARTS) is 1. The first-order chi connectivity index (χ1) is 16.3. The summed E-state index contributed by atoms with van der Waals surface area (Å²) in [6, 6.07) is 5.22. The van der Waals surface area contributed by atoms with Crippen molar-refractivity contribution in [1.82, 2.24) is 0 Å². The van der Waals surface area contributed by atoms with Crippen LogP contribution in [0.4, 0.5) is 0 Å². The number of carboxylic acids is 1. The van der Waals surface area contributed by atoms with E-state index >= 15 is 0 Å². The molecule has 0 saturated carbocycles. The molecule has 34 heavy (non-hydrogen) atoms. The van der Waals surface area contributed by atoms with E-state index < -0.39 is 17.7 Å². The number of aliphatic carboxylic acids is 1. The zero-order chi connectivity index (χ0) is 25.0. The van der Waals surface area contributed by atoms with E-state index in [4.69, 9.17) is 30.5 Å². The molecule has 0 aliphatic heterocycles. The topological polar surface area (TPSA) is 74.2 Å². The minimum absolute atomic E-state index is 0.230. The second-order valence-electron chi connectivity index (χ2n) is 7.62. The Bertz CT molecular complexity index is 985. The molecule has 1 aliphatic rings. The van der Waals surface area contributed by atoms with Crippen molar-refractivity contribution >= 4 is 17.6 Å². The van der Waals surface area contributed by atoms with E-state index in [1.54, 1.807) is 25.1 Å². The Labute approximate surface area is 207 Å². The normalized spacial score (nSPS) is 18.5. The summed E-state index contributed by atoms with van der Waals surface area (Å²) >= 11 is 6.34. The molecular weight excluding hydrogens is 456 g/mol. The number of halogens is 1. The average Bonchev–Trinajstić information content (AvgIpc) is 2.79. The van der Waals surface area contributed by atoms with Crippen molar-refractivity contribution in [3.63, 3.8) is 0 Å². The van der Waals surface area contributed by atoms with Crippen molar-refractivity contribution in [1.29, 1.82) is 0 Å². The van der Waals surface area contributed by atoms with E-state index in [1.165, 1.54) is 0 Å². The van der Waals surface area contributed by atoms with Gasteiger partial charge < -0.3 is 24.1 Å². The summed E-state index contributed by atoms with van der Waals surface area (Å²) in [5, 5.41) is 9.66. The fourth-order valence-corrected chi connectivity index (χ4v) is 3.64. The summed E-state index contributed by atoms with van der Waals surface area (Å²) in [5.74, 6) is 6.77. The molecule has 1 aromatic carbocycles. The second kappa shape index (κ2) is 13.9. The van der Waals surface area contributed by atoms with Gasteiger partial charge in [-0.3, -0.25) is 0 Å². The van der Waals surface area contributed by atoms with Crippen LogP contribution < -0.4 is 4.74 Å². The van der Waals surface area contributed by atoms with Gasteiger partial charge in [0.15, 0.2) is 11.7 Å². The van der Waals surface area contributed by atoms with Crippen LogP contribution >= 0.6 is 11.6 Å². The number of hydrogen-bond acceptors (Lipinski definition) is 5. The number of allylic oxidation sites excluding steroid dienone is 3. The van der Waals surface area contributed by atoms with Gasteiger partial charge >= 0.3 is 5.97 Å². The highest BCUT2D eigenvalue weighted by atomic mass is 35.5. The molecule has 2 rings (SSSR count). The van der Waals surface area contributed by atoms with E-state index in [-0.39, 0.29) is 13.0 Å². The molecule has 0 saturated heterocycles. The summed E-state index contributed by atoms with van der Waals surface area (Å²) in [6.45, 7) is 9.32. The van der Waals surface area contributed by atoms with E-state index in [9.17, 15) is 9.90 Å². The lowest BCUT2D eigenvalue weighted by atomic mass is 9.93. The van der Waals surface area contributed by atoms with Gasteiger partial charge in [0, 0.05) is 26.1 Å². The highest BCUT2D eigenvalue weighted by molar-refractivity contribution is 6.32. The monoisotopic (exact) mass is 488 g/mol. The Morgan fingerprint density at radius 3 is 2.68 bits per heavy atom. The molecule has 184 valence electrons. The lowest BCUT2D eigenvalue weighted by Crippen LogP contribution is -2.31. The standard InChI is InChI=1S/C27H33ClO6/c1-5-31-22-9-8-14-27(19-22,34-7-3)15-12-20(4)13-16-33-24-11-10-21(17-23(24)28)18-25(26(29)30)32-6-2/h8-11,13-14,17,25H,5-7,16,18-19H2,1-4H3,(H,29,30)/t25-,27?/m0/s1. The SMILES string of the molecule is CCOC1=CC=CC(C#CC(C)=CCOc2ccc(C[C@H](OCC)C(=O)O)cc2Cl)(OCC)C1. The molecule has 0 aromatic heterocycles. The fourth-order valence-electron chi connectivity index (χ4n) is 3.38. The third-order valence-electron chi connectivity index (χ3n) is 4.98. The smallest absolute Gasteiger partial charge is 0.333 e. The quantitative estimate of drug-likeness (QED) is 0.399. The zero-order valence-electron chi connectivity index (χ0n) is 20.2. The van der Waals surface area contributed by atoms with Gasteiger partial charge in [0.25, 0.3) is 0 Å². The molecule has 0 spiro atoms. The van der Waals surface area contributed by atoms with Crippen molar-refractivity contribution in [2.24, 2.45) is 0 Å². The largest absolute Gasteiger partial charge is 0.498 e. The number of benzene rings is 1. The molecule has 1 N–H and O–H groups in total. The molecule has 0 heterocycles. The van der Waals surface area contributed by atoms with Crippen molar-refractivity contribution in [3.8, 4) is 17.6 Å². The maximum atomic E-state index is 11.3. The summed E-state index contributed by atoms with van der Waals surface area (Å²) in [7, 11) is 0. The van der Waals surface area contributed by atoms with Gasteiger partial charge in [0.1, 0.15) is 18.1 Å². The summed E-state index contributed by atoms with van der Waals surface area (Å²) < 4.78 is 22.6. The third-order valence-corrected chi connectivity index (χ3v) is 5.27. The lowest BCUT2D eigenvalue weighted by Gasteiger charge is -2.28. The first-order valence-electron chi connectivity index (χ1n) is 11.4. The lowest BCUT2D eigenvalue weighted by molar-refractivity contribution is -0.149. The fraction of sp³-hybridized carbons (Fsp3) is 0.444. The van der Waals surface area contributed by atoms with Crippen molar-refractivity contribution in [2.45, 2.75) is 52.2 Å². The zero-order valence-corrected chi connectivity index (χ0v) is 21.0. The number of hydrogen-bond donors (Lipinski definition) is 1. The van der Waals surface area contributed by atoms with Crippen molar-refractivity contribution in [3.05, 3.63) is 64.4 Å². The van der Waals surface area contributed by atoms with Crippen LogP contribution in [0, 0.1) is 11.8 Å². The molecule has 0 amide bonds. The van der Waals surface area contributed by atoms with Gasteiger partial charge in [-0.25, -0.2) is 4.79 Å². The molecule has 6 nitrogen and oxygen atoms in total. The molecule has 2 atom stereocenters. The van der Waals surface area contributed by atoms with E-state index in [0.29, 0.717) is 37.0 Å². The molecule has 1 aliphatic carbocycles. The Balaban J connectivity index is 2.00. The Kier molecular flexibility index (Phi) is 11.2. The highest BCUT2D eigenvalue weighted by Crippen LogP contribution is 2.28. The van der Waals surface area contributed by atoms with E-state index in [2.05, 4.69) is 11.8 Å². The van der Waals surface area contributed by atoms with Crippen LogP contribution in [0.2, 0.25) is 5.02 Å². The van der Waals surface area contributed by atoms with Crippen molar-refractivity contribution in [2.75, 3.05) is 26.4 Å². The molecule has 0 bridgehead atoms. The molecule has 1 aromatic rings. The van der Waals surface area contributed by atoms with Crippen LogP contribution in [-0.4, -0.2) is 49.2 Å². The number of rotatable bonds is 12. The van der Waals surface area contributed by atoms with E-state index in [0.717, 1.165) is 16.9 Å². The third kappa shape index (κ3) is 8.57. The van der Waals surface area contributed by atoms with Gasteiger partial charge in [-0.1, -0.05) is 35.6 Å². The molecular formula is C27H33ClO6. The first-order valence-corrected chi connectivity index (χ1v) is 11.8. The van der Waals surface area contributed by atoms with Crippen LogP contribution in [-0.2, 0) is 25.4 Å². The Morgan fingerprint density at radius 1 is 1.24 bits per heavy atom. The molecule has 0 fully saturated rings. The average molecular weight is 489 g/mol. The number of ether oxygens (including phenoxy) is 4. The van der Waals surface area contributed by atoms with Gasteiger partial charge in [-0.2, -0.15) is 0 Å². The molecule has 1 unspecified atom stereocenters. The van der Waals surface area contributed by atoms with Gasteiger partial charge in [0.05, 0.1) is 11.6 Å². The van der Waals surface area contributed by atoms with Gasteiger partial charge in [0.2, 0.25) is 0 Å². The van der Waals surface area contributed by atoms with E-state index in [1.807, 2.05) is 45.1 Å². The van der Waals surface area contributed by atoms with Crippen LogP contribution in [0.5, 0.6) is 5.75 Å². The van der Waals surface area contributed by atoms with Crippen LogP contribution in [0.1, 0.15) is 39.7 Å². The molecule has 7 heteroatoms. The summed E-state index contributed by atoms with van der Waals surface area (Å²) in [4.78, 5) is 11.3. The highest BCUT2D eigenvalue weighted by Gasteiger charge is 2.29. The maximum Gasteiger partial charge on any atom is 0.333 e. The van der Waals surface area contributed by atoms with Gasteiger partial charge in [-0.15, -0.1) is 0 Å². The maximum absolute atomic E-state index is 11.3. The first kappa shape index (κ1) is 27.5. The predicted octanol–water partition coefficient (Wildman–Crippen LogP) is 5.36.